The second-order valence-electron chi connectivity index (χ2n) is 4.00. The number of anilines is 3. The highest BCUT2D eigenvalue weighted by Gasteiger charge is 2.08. The zero-order chi connectivity index (χ0) is 14.7. The van der Waals surface area contributed by atoms with Gasteiger partial charge >= 0.3 is 0 Å². The Kier molecular flexibility index (Phi) is 4.09. The molecule has 0 atom stereocenters. The van der Waals surface area contributed by atoms with E-state index in [2.05, 4.69) is 26.2 Å². The third kappa shape index (κ3) is 3.18. The molecule has 0 aliphatic rings. The van der Waals surface area contributed by atoms with Crippen LogP contribution in [0.1, 0.15) is 10.5 Å². The standard InChI is InChI=1S/C13H13BrN4O2/c1-20-9-5-7(14)4-8(6-9)17-13-10(15)2-3-11(18-13)12(16)19/h2-6H,15H2,1H3,(H2,16,19)(H,17,18). The lowest BCUT2D eigenvalue weighted by Crippen LogP contribution is -2.14. The van der Waals surface area contributed by atoms with Gasteiger partial charge in [0.25, 0.3) is 5.91 Å². The van der Waals surface area contributed by atoms with Gasteiger partial charge in [-0.15, -0.1) is 0 Å². The lowest BCUT2D eigenvalue weighted by Gasteiger charge is -2.11. The lowest BCUT2D eigenvalue weighted by molar-refractivity contribution is 0.0996. The zero-order valence-corrected chi connectivity index (χ0v) is 12.3. The summed E-state index contributed by atoms with van der Waals surface area (Å²) >= 11 is 3.38. The highest BCUT2D eigenvalue weighted by Crippen LogP contribution is 2.28. The average molecular weight is 337 g/mol. The molecule has 5 N–H and O–H groups in total. The third-order valence-electron chi connectivity index (χ3n) is 2.55. The Hall–Kier alpha value is -2.28. The summed E-state index contributed by atoms with van der Waals surface area (Å²) in [5.41, 5.74) is 12.3. The minimum absolute atomic E-state index is 0.142. The van der Waals surface area contributed by atoms with Crippen molar-refractivity contribution >= 4 is 39.0 Å². The fourth-order valence-electron chi connectivity index (χ4n) is 1.60. The summed E-state index contributed by atoms with van der Waals surface area (Å²) in [4.78, 5) is 15.2. The summed E-state index contributed by atoms with van der Waals surface area (Å²) in [6, 6.07) is 8.49. The second kappa shape index (κ2) is 5.79. The summed E-state index contributed by atoms with van der Waals surface area (Å²) in [5, 5.41) is 3.03. The van der Waals surface area contributed by atoms with E-state index in [9.17, 15) is 4.79 Å². The van der Waals surface area contributed by atoms with Crippen molar-refractivity contribution in [3.8, 4) is 5.75 Å². The Balaban J connectivity index is 2.36. The molecule has 0 unspecified atom stereocenters. The highest BCUT2D eigenvalue weighted by molar-refractivity contribution is 9.10. The number of pyridine rings is 1. The first-order chi connectivity index (χ1) is 9.49. The van der Waals surface area contributed by atoms with Crippen molar-refractivity contribution in [2.24, 2.45) is 5.73 Å². The van der Waals surface area contributed by atoms with Crippen LogP contribution in [0.5, 0.6) is 5.75 Å². The number of nitrogens with zero attached hydrogens (tertiary/aromatic N) is 1. The molecule has 20 heavy (non-hydrogen) atoms. The number of hydrogen-bond donors (Lipinski definition) is 3. The molecule has 0 aliphatic carbocycles. The predicted molar refractivity (Wildman–Crippen MR) is 81.1 cm³/mol. The number of carbonyl (C=O) groups excluding carboxylic acids is 1. The van der Waals surface area contributed by atoms with E-state index in [0.29, 0.717) is 17.3 Å². The molecule has 0 radical (unpaired) electrons. The number of ether oxygens (including phenoxy) is 1. The van der Waals surface area contributed by atoms with Gasteiger partial charge in [0.2, 0.25) is 0 Å². The van der Waals surface area contributed by atoms with Crippen LogP contribution < -0.4 is 21.5 Å². The van der Waals surface area contributed by atoms with Gasteiger partial charge in [0.1, 0.15) is 11.4 Å². The number of primary amides is 1. The molecule has 1 aromatic heterocycles. The monoisotopic (exact) mass is 336 g/mol. The van der Waals surface area contributed by atoms with Gasteiger partial charge in [-0.3, -0.25) is 4.79 Å². The number of halogens is 1. The van der Waals surface area contributed by atoms with Crippen LogP contribution in [0.4, 0.5) is 17.2 Å². The van der Waals surface area contributed by atoms with E-state index in [1.807, 2.05) is 12.1 Å². The van der Waals surface area contributed by atoms with Crippen LogP contribution in [0.15, 0.2) is 34.8 Å². The topological polar surface area (TPSA) is 103 Å². The molecule has 2 aromatic rings. The quantitative estimate of drug-likeness (QED) is 0.794. The maximum Gasteiger partial charge on any atom is 0.267 e. The molecule has 2 rings (SSSR count). The van der Waals surface area contributed by atoms with Gasteiger partial charge in [-0.05, 0) is 24.3 Å². The molecular formula is C13H13BrN4O2. The molecule has 0 fully saturated rings. The summed E-state index contributed by atoms with van der Waals surface area (Å²) < 4.78 is 6.01. The first-order valence-electron chi connectivity index (χ1n) is 5.67. The van der Waals surface area contributed by atoms with Crippen LogP contribution in [-0.2, 0) is 0 Å². The van der Waals surface area contributed by atoms with Crippen LogP contribution in [0.3, 0.4) is 0 Å². The number of hydrogen-bond acceptors (Lipinski definition) is 5. The molecular weight excluding hydrogens is 324 g/mol. The van der Waals surface area contributed by atoms with Crippen molar-refractivity contribution in [2.75, 3.05) is 18.2 Å². The number of amides is 1. The van der Waals surface area contributed by atoms with Crippen molar-refractivity contribution in [2.45, 2.75) is 0 Å². The van der Waals surface area contributed by atoms with Gasteiger partial charge in [-0.1, -0.05) is 15.9 Å². The summed E-state index contributed by atoms with van der Waals surface area (Å²) in [6.45, 7) is 0. The number of methoxy groups -OCH3 is 1. The molecule has 7 heteroatoms. The lowest BCUT2D eigenvalue weighted by atomic mass is 10.2. The van der Waals surface area contributed by atoms with Gasteiger partial charge < -0.3 is 21.5 Å². The van der Waals surface area contributed by atoms with Crippen LogP contribution in [0, 0.1) is 0 Å². The summed E-state index contributed by atoms with van der Waals surface area (Å²) in [6.07, 6.45) is 0. The summed E-state index contributed by atoms with van der Waals surface area (Å²) in [5.74, 6) is 0.424. The number of carbonyl (C=O) groups is 1. The largest absolute Gasteiger partial charge is 0.497 e. The minimum atomic E-state index is -0.611. The SMILES string of the molecule is COc1cc(Br)cc(Nc2nc(C(N)=O)ccc2N)c1. The normalized spacial score (nSPS) is 10.1. The Morgan fingerprint density at radius 1 is 1.35 bits per heavy atom. The molecule has 1 amide bonds. The fourth-order valence-corrected chi connectivity index (χ4v) is 2.07. The van der Waals surface area contributed by atoms with E-state index in [0.717, 1.165) is 10.2 Å². The van der Waals surface area contributed by atoms with Crippen molar-refractivity contribution in [1.82, 2.24) is 4.98 Å². The second-order valence-corrected chi connectivity index (χ2v) is 4.92. The van der Waals surface area contributed by atoms with Crippen molar-refractivity contribution in [3.63, 3.8) is 0 Å². The van der Waals surface area contributed by atoms with Gasteiger partial charge in [0.05, 0.1) is 12.8 Å². The Morgan fingerprint density at radius 2 is 2.10 bits per heavy atom. The maximum absolute atomic E-state index is 11.1. The molecule has 1 aromatic carbocycles. The van der Waals surface area contributed by atoms with E-state index < -0.39 is 5.91 Å². The number of benzene rings is 1. The molecule has 0 spiro atoms. The van der Waals surface area contributed by atoms with Crippen LogP contribution in [0.25, 0.3) is 0 Å². The van der Waals surface area contributed by atoms with Crippen molar-refractivity contribution in [1.29, 1.82) is 0 Å². The smallest absolute Gasteiger partial charge is 0.267 e. The minimum Gasteiger partial charge on any atom is -0.497 e. The third-order valence-corrected chi connectivity index (χ3v) is 3.01. The van der Waals surface area contributed by atoms with Gasteiger partial charge in [0.15, 0.2) is 5.82 Å². The highest BCUT2D eigenvalue weighted by atomic mass is 79.9. The van der Waals surface area contributed by atoms with Crippen molar-refractivity contribution in [3.05, 3.63) is 40.5 Å². The van der Waals surface area contributed by atoms with E-state index in [4.69, 9.17) is 16.2 Å². The predicted octanol–water partition coefficient (Wildman–Crippen LogP) is 2.28. The summed E-state index contributed by atoms with van der Waals surface area (Å²) in [7, 11) is 1.58. The van der Waals surface area contributed by atoms with Gasteiger partial charge in [0, 0.05) is 16.2 Å². The van der Waals surface area contributed by atoms with E-state index >= 15 is 0 Å². The molecule has 0 aliphatic heterocycles. The molecule has 0 saturated heterocycles. The number of nitrogens with two attached hydrogens (primary N) is 2. The van der Waals surface area contributed by atoms with Crippen LogP contribution in [-0.4, -0.2) is 18.0 Å². The molecule has 1 heterocycles. The van der Waals surface area contributed by atoms with E-state index in [-0.39, 0.29) is 5.69 Å². The van der Waals surface area contributed by atoms with Crippen LogP contribution >= 0.6 is 15.9 Å². The Labute approximate surface area is 124 Å². The number of rotatable bonds is 4. The van der Waals surface area contributed by atoms with Crippen molar-refractivity contribution < 1.29 is 9.53 Å². The first kappa shape index (κ1) is 14.1. The molecule has 6 nitrogen and oxygen atoms in total. The average Bonchev–Trinajstić information content (AvgIpc) is 2.40. The van der Waals surface area contributed by atoms with E-state index in [1.54, 1.807) is 19.2 Å². The first-order valence-corrected chi connectivity index (χ1v) is 6.47. The van der Waals surface area contributed by atoms with E-state index in [1.165, 1.54) is 6.07 Å². The number of nitrogens with one attached hydrogen (secondary N) is 1. The van der Waals surface area contributed by atoms with Gasteiger partial charge in [-0.25, -0.2) is 4.98 Å². The molecule has 104 valence electrons. The van der Waals surface area contributed by atoms with Gasteiger partial charge in [-0.2, -0.15) is 0 Å². The molecule has 0 bridgehead atoms. The van der Waals surface area contributed by atoms with Crippen LogP contribution in [0.2, 0.25) is 0 Å². The fraction of sp³-hybridized carbons (Fsp3) is 0.0769. The maximum atomic E-state index is 11.1. The number of nitrogen functional groups attached to an aromatic ring is 1. The Bertz CT molecular complexity index is 661. The number of aromatic nitrogens is 1. The zero-order valence-electron chi connectivity index (χ0n) is 10.7. The Morgan fingerprint density at radius 3 is 2.75 bits per heavy atom. The molecule has 0 saturated carbocycles.